The van der Waals surface area contributed by atoms with Crippen molar-refractivity contribution in [1.29, 1.82) is 0 Å². The van der Waals surface area contributed by atoms with Crippen LogP contribution in [0.15, 0.2) is 92.0 Å². The summed E-state index contributed by atoms with van der Waals surface area (Å²) in [6.07, 6.45) is 0.792. The molecule has 246 valence electrons. The molecule has 1 aromatic heterocycles. The van der Waals surface area contributed by atoms with Crippen molar-refractivity contribution in [2.45, 2.75) is 27.5 Å². The molecular formula is C33H27BrN4O7S3. The zero-order valence-electron chi connectivity index (χ0n) is 24.9. The summed E-state index contributed by atoms with van der Waals surface area (Å²) in [5.74, 6) is -1.09. The molecule has 2 bridgehead atoms. The molecule has 0 radical (unpaired) electrons. The topological polar surface area (TPSA) is 169 Å². The van der Waals surface area contributed by atoms with E-state index in [-0.39, 0.29) is 63.0 Å². The number of primary sulfonamides is 1. The van der Waals surface area contributed by atoms with Gasteiger partial charge in [0.1, 0.15) is 5.75 Å². The highest BCUT2D eigenvalue weighted by atomic mass is 79.9. The van der Waals surface area contributed by atoms with Crippen LogP contribution < -0.4 is 25.0 Å². The van der Waals surface area contributed by atoms with Gasteiger partial charge in [-0.3, -0.25) is 24.1 Å². The molecule has 7 atom stereocenters. The van der Waals surface area contributed by atoms with Crippen LogP contribution in [-0.2, 0) is 24.4 Å². The number of amides is 3. The first-order valence-electron chi connectivity index (χ1n) is 15.2. The lowest BCUT2D eigenvalue weighted by atomic mass is 9.68. The van der Waals surface area contributed by atoms with Gasteiger partial charge in [0.25, 0.3) is 5.91 Å². The standard InChI is InChI=1S/C33H27BrN4O7S3/c34-16-3-7-18(8-4-16)38-31(40)26-21-13-22(27(26)32(38)41)28-25(21)24(29-30(46-28)37-33(42)47-29)15-1-9-19(10-2-15)45-14-23(39)36-17-5-11-20(12-6-17)48(35,43)44/h1-12,21-22,24-28H,13-14H2,(H,36,39)(H,37,42)(H2,35,43,44)/t21-,22-,24+,25-,26+,27+,28-/m1/s1. The molecule has 3 fully saturated rings. The number of nitrogens with one attached hydrogen (secondary N) is 2. The van der Waals surface area contributed by atoms with E-state index in [2.05, 4.69) is 26.2 Å². The highest BCUT2D eigenvalue weighted by Gasteiger charge is 2.69. The predicted octanol–water partition coefficient (Wildman–Crippen LogP) is 4.54. The molecule has 3 amide bonds. The summed E-state index contributed by atoms with van der Waals surface area (Å²) in [5.41, 5.74) is 1.95. The van der Waals surface area contributed by atoms with Crippen LogP contribution in [-0.4, -0.2) is 43.0 Å². The van der Waals surface area contributed by atoms with Gasteiger partial charge in [-0.05, 0) is 90.4 Å². The number of hydrogen-bond donors (Lipinski definition) is 3. The van der Waals surface area contributed by atoms with Gasteiger partial charge < -0.3 is 15.0 Å². The van der Waals surface area contributed by atoms with E-state index in [0.29, 0.717) is 17.1 Å². The Morgan fingerprint density at radius 1 is 0.958 bits per heavy atom. The van der Waals surface area contributed by atoms with E-state index in [4.69, 9.17) is 9.88 Å². The van der Waals surface area contributed by atoms with Crippen LogP contribution in [0, 0.1) is 29.6 Å². The Morgan fingerprint density at radius 3 is 2.29 bits per heavy atom. The molecule has 2 aliphatic heterocycles. The van der Waals surface area contributed by atoms with Crippen LogP contribution in [0.4, 0.5) is 11.4 Å². The maximum atomic E-state index is 13.9. The Balaban J connectivity index is 1.02. The van der Waals surface area contributed by atoms with Gasteiger partial charge in [0.15, 0.2) is 6.61 Å². The number of hydrogen-bond acceptors (Lipinski definition) is 9. The number of rotatable bonds is 7. The van der Waals surface area contributed by atoms with Gasteiger partial charge in [-0.15, -0.1) is 11.8 Å². The number of ether oxygens (including phenoxy) is 1. The average molecular weight is 768 g/mol. The minimum atomic E-state index is -3.84. The number of aromatic amines is 1. The molecule has 4 aromatic rings. The van der Waals surface area contributed by atoms with Crippen molar-refractivity contribution in [2.75, 3.05) is 16.8 Å². The van der Waals surface area contributed by atoms with Gasteiger partial charge in [-0.25, -0.2) is 13.6 Å². The van der Waals surface area contributed by atoms with Gasteiger partial charge in [-0.2, -0.15) is 0 Å². The van der Waals surface area contributed by atoms with Crippen LogP contribution in [0.1, 0.15) is 22.8 Å². The molecule has 0 unspecified atom stereocenters. The molecule has 4 aliphatic rings. The maximum Gasteiger partial charge on any atom is 0.305 e. The fourth-order valence-corrected chi connectivity index (χ4v) is 11.7. The molecule has 3 heterocycles. The normalized spacial score (nSPS) is 27.0. The number of imide groups is 1. The Morgan fingerprint density at radius 2 is 1.62 bits per heavy atom. The zero-order chi connectivity index (χ0) is 33.5. The molecule has 2 saturated carbocycles. The monoisotopic (exact) mass is 766 g/mol. The van der Waals surface area contributed by atoms with Crippen molar-refractivity contribution in [1.82, 2.24) is 4.98 Å². The predicted molar refractivity (Wildman–Crippen MR) is 184 cm³/mol. The zero-order valence-corrected chi connectivity index (χ0v) is 28.9. The summed E-state index contributed by atoms with van der Waals surface area (Å²) in [4.78, 5) is 58.0. The Kier molecular flexibility index (Phi) is 7.67. The van der Waals surface area contributed by atoms with Crippen molar-refractivity contribution in [3.05, 3.63) is 97.4 Å². The fraction of sp³-hybridized carbons (Fsp3) is 0.273. The van der Waals surface area contributed by atoms with E-state index in [1.807, 2.05) is 24.3 Å². The van der Waals surface area contributed by atoms with E-state index in [1.54, 1.807) is 36.0 Å². The average Bonchev–Trinajstić information content (AvgIpc) is 3.79. The SMILES string of the molecule is NS(=O)(=O)c1ccc(NC(=O)COc2ccc([C@@H]3c4sc(=O)[nH]c4S[C@@H]4[C@@H]5C[C@@H]([C@@H]6C(=O)N(c7ccc(Br)cc7)C(=O)[C@@H]56)[C@H]34)cc2)cc1. The number of fused-ring (bicyclic) bond motifs is 9. The van der Waals surface area contributed by atoms with Crippen molar-refractivity contribution in [2.24, 2.45) is 34.7 Å². The number of H-pyrrole nitrogens is 1. The molecular weight excluding hydrogens is 740 g/mol. The van der Waals surface area contributed by atoms with Gasteiger partial charge in [0, 0.05) is 26.2 Å². The summed E-state index contributed by atoms with van der Waals surface area (Å²) < 4.78 is 29.5. The third-order valence-corrected chi connectivity index (χ3v) is 13.9. The first kappa shape index (κ1) is 31.5. The number of carbonyl (C=O) groups excluding carboxylic acids is 3. The number of sulfonamides is 1. The molecule has 48 heavy (non-hydrogen) atoms. The molecule has 3 aromatic carbocycles. The minimum Gasteiger partial charge on any atom is -0.484 e. The first-order chi connectivity index (χ1) is 23.0. The smallest absolute Gasteiger partial charge is 0.305 e. The number of halogens is 1. The van der Waals surface area contributed by atoms with Crippen molar-refractivity contribution in [3.8, 4) is 5.75 Å². The number of carbonyl (C=O) groups is 3. The molecule has 11 nitrogen and oxygen atoms in total. The third-order valence-electron chi connectivity index (χ3n) is 9.88. The van der Waals surface area contributed by atoms with E-state index in [9.17, 15) is 27.6 Å². The van der Waals surface area contributed by atoms with Crippen LogP contribution >= 0.6 is 39.0 Å². The van der Waals surface area contributed by atoms with Crippen molar-refractivity contribution < 1.29 is 27.5 Å². The lowest BCUT2D eigenvalue weighted by Crippen LogP contribution is -2.42. The number of anilines is 2. The summed E-state index contributed by atoms with van der Waals surface area (Å²) >= 11 is 6.26. The van der Waals surface area contributed by atoms with Gasteiger partial charge >= 0.3 is 4.87 Å². The number of nitrogens with zero attached hydrogens (tertiary/aromatic N) is 1. The maximum absolute atomic E-state index is 13.9. The van der Waals surface area contributed by atoms with Crippen LogP contribution in [0.5, 0.6) is 5.75 Å². The Labute approximate surface area is 291 Å². The van der Waals surface area contributed by atoms with Gasteiger partial charge in [-0.1, -0.05) is 39.4 Å². The van der Waals surface area contributed by atoms with Gasteiger partial charge in [0.2, 0.25) is 21.8 Å². The second-order valence-corrected chi connectivity index (χ2v) is 17.1. The summed E-state index contributed by atoms with van der Waals surface area (Å²) in [7, 11) is -3.84. The number of aromatic nitrogens is 1. The van der Waals surface area contributed by atoms with E-state index < -0.39 is 21.8 Å². The second kappa shape index (κ2) is 11.7. The van der Waals surface area contributed by atoms with Crippen LogP contribution in [0.2, 0.25) is 0 Å². The van der Waals surface area contributed by atoms with E-state index >= 15 is 0 Å². The number of thiazole rings is 1. The summed E-state index contributed by atoms with van der Waals surface area (Å²) in [6.45, 7) is -0.275. The molecule has 0 spiro atoms. The summed E-state index contributed by atoms with van der Waals surface area (Å²) in [6, 6.07) is 20.2. The van der Waals surface area contributed by atoms with E-state index in [1.165, 1.54) is 40.5 Å². The lowest BCUT2D eigenvalue weighted by Gasteiger charge is -2.43. The van der Waals surface area contributed by atoms with Crippen LogP contribution in [0.3, 0.4) is 0 Å². The third kappa shape index (κ3) is 5.23. The highest BCUT2D eigenvalue weighted by molar-refractivity contribution is 9.10. The second-order valence-electron chi connectivity index (χ2n) is 12.4. The Hall–Kier alpha value is -3.76. The number of thioether (sulfide) groups is 1. The lowest BCUT2D eigenvalue weighted by molar-refractivity contribution is -0.123. The van der Waals surface area contributed by atoms with Crippen LogP contribution in [0.25, 0.3) is 0 Å². The highest BCUT2D eigenvalue weighted by Crippen LogP contribution is 2.68. The van der Waals surface area contributed by atoms with E-state index in [0.717, 1.165) is 26.4 Å². The van der Waals surface area contributed by atoms with Gasteiger partial charge in [0.05, 0.1) is 27.4 Å². The quantitative estimate of drug-likeness (QED) is 0.231. The van der Waals surface area contributed by atoms with Crippen molar-refractivity contribution >= 4 is 78.1 Å². The fourth-order valence-electron chi connectivity index (χ4n) is 8.08. The number of benzene rings is 3. The number of nitrogens with two attached hydrogens (primary N) is 1. The molecule has 2 aliphatic carbocycles. The molecule has 4 N–H and O–H groups in total. The summed E-state index contributed by atoms with van der Waals surface area (Å²) in [5, 5.41) is 8.68. The minimum absolute atomic E-state index is 0.0107. The largest absolute Gasteiger partial charge is 0.484 e. The molecule has 1 saturated heterocycles. The Bertz CT molecular complexity index is 2130. The van der Waals surface area contributed by atoms with Crippen molar-refractivity contribution in [3.63, 3.8) is 0 Å². The molecule has 8 rings (SSSR count). The first-order valence-corrected chi connectivity index (χ1v) is 19.2. The molecule has 15 heteroatoms.